The number of halogens is 4. The molecule has 3 rings (SSSR count). The summed E-state index contributed by atoms with van der Waals surface area (Å²) in [6.07, 6.45) is -3.40. The first kappa shape index (κ1) is 20.1. The Balaban J connectivity index is 0.00000243. The first-order chi connectivity index (χ1) is 11.9. The van der Waals surface area contributed by atoms with E-state index in [4.69, 9.17) is 0 Å². The van der Waals surface area contributed by atoms with Crippen molar-refractivity contribution >= 4 is 18.3 Å². The summed E-state index contributed by atoms with van der Waals surface area (Å²) in [5.41, 5.74) is 3.04. The van der Waals surface area contributed by atoms with Gasteiger partial charge in [-0.1, -0.05) is 12.1 Å². The largest absolute Gasteiger partial charge is 0.573 e. The minimum atomic E-state index is -4.70. The fraction of sp³-hybridized carbons (Fsp3) is 0.375. The van der Waals surface area contributed by atoms with E-state index in [0.717, 1.165) is 29.8 Å². The van der Waals surface area contributed by atoms with Gasteiger partial charge in [0.15, 0.2) is 5.69 Å². The molecule has 0 bridgehead atoms. The van der Waals surface area contributed by atoms with Crippen molar-refractivity contribution in [3.05, 3.63) is 46.8 Å². The zero-order valence-corrected chi connectivity index (χ0v) is 14.5. The lowest BCUT2D eigenvalue weighted by Gasteiger charge is -2.13. The highest BCUT2D eigenvalue weighted by atomic mass is 35.5. The van der Waals surface area contributed by atoms with Crippen molar-refractivity contribution in [2.45, 2.75) is 25.7 Å². The number of rotatable bonds is 5. The SMILES string of the molecule is Cl.O=C(NCCc1ccc(OC(F)(F)F)cc1)c1n[nH]c2c1CNCC2. The number of aromatic amines is 1. The van der Waals surface area contributed by atoms with Crippen LogP contribution in [0.15, 0.2) is 24.3 Å². The Bertz CT molecular complexity index is 747. The number of carbonyl (C=O) groups excluding carboxylic acids is 1. The number of hydrogen-bond acceptors (Lipinski definition) is 4. The average Bonchev–Trinajstić information content (AvgIpc) is 2.99. The minimum Gasteiger partial charge on any atom is -0.406 e. The lowest BCUT2D eigenvalue weighted by atomic mass is 10.1. The van der Waals surface area contributed by atoms with E-state index in [9.17, 15) is 18.0 Å². The Labute approximate surface area is 153 Å². The number of ether oxygens (including phenoxy) is 1. The topological polar surface area (TPSA) is 79.0 Å². The van der Waals surface area contributed by atoms with Crippen molar-refractivity contribution < 1.29 is 22.7 Å². The van der Waals surface area contributed by atoms with Crippen LogP contribution >= 0.6 is 12.4 Å². The highest BCUT2D eigenvalue weighted by molar-refractivity contribution is 5.94. The summed E-state index contributed by atoms with van der Waals surface area (Å²) >= 11 is 0. The molecule has 1 aliphatic rings. The van der Waals surface area contributed by atoms with Crippen LogP contribution in [-0.2, 0) is 19.4 Å². The molecule has 142 valence electrons. The summed E-state index contributed by atoms with van der Waals surface area (Å²) in [5, 5.41) is 12.9. The van der Waals surface area contributed by atoms with Gasteiger partial charge in [0, 0.05) is 37.3 Å². The highest BCUT2D eigenvalue weighted by Gasteiger charge is 2.30. The Morgan fingerprint density at radius 2 is 2.00 bits per heavy atom. The zero-order chi connectivity index (χ0) is 17.9. The first-order valence-corrected chi connectivity index (χ1v) is 7.82. The van der Waals surface area contributed by atoms with Crippen molar-refractivity contribution in [2.75, 3.05) is 13.1 Å². The molecule has 6 nitrogen and oxygen atoms in total. The van der Waals surface area contributed by atoms with Crippen LogP contribution in [0.4, 0.5) is 13.2 Å². The van der Waals surface area contributed by atoms with Gasteiger partial charge in [-0.25, -0.2) is 0 Å². The van der Waals surface area contributed by atoms with Gasteiger partial charge in [-0.2, -0.15) is 5.10 Å². The summed E-state index contributed by atoms with van der Waals surface area (Å²) in [5.74, 6) is -0.533. The van der Waals surface area contributed by atoms with E-state index < -0.39 is 6.36 Å². The standard InChI is InChI=1S/C16H17F3N4O2.ClH/c17-16(18,19)25-11-3-1-10(2-4-11)5-8-21-15(24)14-12-9-20-7-6-13(12)22-23-14;/h1-4,20H,5-9H2,(H,21,24)(H,22,23);1H. The summed E-state index contributed by atoms with van der Waals surface area (Å²) in [4.78, 5) is 12.2. The third-order valence-corrected chi connectivity index (χ3v) is 3.88. The predicted molar refractivity (Wildman–Crippen MR) is 90.4 cm³/mol. The number of aromatic nitrogens is 2. The van der Waals surface area contributed by atoms with E-state index in [0.29, 0.717) is 25.2 Å². The predicted octanol–water partition coefficient (Wildman–Crippen LogP) is 2.35. The maximum atomic E-state index is 12.2. The molecule has 1 aromatic carbocycles. The number of carbonyl (C=O) groups is 1. The second-order valence-electron chi connectivity index (χ2n) is 5.65. The number of fused-ring (bicyclic) bond motifs is 1. The number of benzene rings is 1. The molecular weight excluding hydrogens is 373 g/mol. The number of nitrogens with one attached hydrogen (secondary N) is 3. The molecular formula is C16H18ClF3N4O2. The van der Waals surface area contributed by atoms with Crippen LogP contribution < -0.4 is 15.4 Å². The van der Waals surface area contributed by atoms with Gasteiger partial charge >= 0.3 is 6.36 Å². The van der Waals surface area contributed by atoms with Crippen LogP contribution in [0, 0.1) is 0 Å². The van der Waals surface area contributed by atoms with Crippen LogP contribution in [0.3, 0.4) is 0 Å². The molecule has 10 heteroatoms. The van der Waals surface area contributed by atoms with Gasteiger partial charge < -0.3 is 15.4 Å². The van der Waals surface area contributed by atoms with Crippen LogP contribution in [0.25, 0.3) is 0 Å². The van der Waals surface area contributed by atoms with E-state index in [-0.39, 0.29) is 24.1 Å². The lowest BCUT2D eigenvalue weighted by Crippen LogP contribution is -2.29. The van der Waals surface area contributed by atoms with Crippen LogP contribution in [0.2, 0.25) is 0 Å². The molecule has 2 aromatic rings. The quantitative estimate of drug-likeness (QED) is 0.732. The van der Waals surface area contributed by atoms with E-state index >= 15 is 0 Å². The number of alkyl halides is 3. The van der Waals surface area contributed by atoms with Gasteiger partial charge in [-0.05, 0) is 24.1 Å². The molecule has 0 saturated heterocycles. The van der Waals surface area contributed by atoms with E-state index in [1.165, 1.54) is 24.3 Å². The normalized spacial score (nSPS) is 13.5. The Morgan fingerprint density at radius 1 is 1.27 bits per heavy atom. The molecule has 3 N–H and O–H groups in total. The Kier molecular flexibility index (Phi) is 6.49. The molecule has 0 radical (unpaired) electrons. The number of hydrogen-bond donors (Lipinski definition) is 3. The molecule has 0 fully saturated rings. The van der Waals surface area contributed by atoms with Crippen molar-refractivity contribution in [2.24, 2.45) is 0 Å². The average molecular weight is 391 g/mol. The lowest BCUT2D eigenvalue weighted by molar-refractivity contribution is -0.274. The molecule has 1 aliphatic heterocycles. The van der Waals surface area contributed by atoms with E-state index in [1.807, 2.05) is 0 Å². The number of amides is 1. The molecule has 0 atom stereocenters. The molecule has 1 amide bonds. The zero-order valence-electron chi connectivity index (χ0n) is 13.7. The van der Waals surface area contributed by atoms with Crippen LogP contribution in [0.1, 0.15) is 27.3 Å². The van der Waals surface area contributed by atoms with Gasteiger partial charge in [-0.15, -0.1) is 25.6 Å². The smallest absolute Gasteiger partial charge is 0.406 e. The summed E-state index contributed by atoms with van der Waals surface area (Å²) in [7, 11) is 0. The maximum Gasteiger partial charge on any atom is 0.573 e. The van der Waals surface area contributed by atoms with Gasteiger partial charge in [0.05, 0.1) is 0 Å². The Hall–Kier alpha value is -2.26. The molecule has 0 unspecified atom stereocenters. The van der Waals surface area contributed by atoms with Crippen LogP contribution in [-0.4, -0.2) is 35.6 Å². The summed E-state index contributed by atoms with van der Waals surface area (Å²) in [6.45, 7) is 1.81. The molecule has 0 aliphatic carbocycles. The second-order valence-corrected chi connectivity index (χ2v) is 5.65. The summed E-state index contributed by atoms with van der Waals surface area (Å²) in [6, 6.07) is 5.57. The molecule has 26 heavy (non-hydrogen) atoms. The van der Waals surface area contributed by atoms with Gasteiger partial charge in [0.25, 0.3) is 5.91 Å². The Morgan fingerprint density at radius 3 is 2.69 bits per heavy atom. The van der Waals surface area contributed by atoms with Gasteiger partial charge in [0.2, 0.25) is 0 Å². The molecule has 2 heterocycles. The fourth-order valence-electron chi connectivity index (χ4n) is 2.67. The van der Waals surface area contributed by atoms with Crippen molar-refractivity contribution in [3.63, 3.8) is 0 Å². The third kappa shape index (κ3) is 5.12. The van der Waals surface area contributed by atoms with Gasteiger partial charge in [0.1, 0.15) is 5.75 Å². The van der Waals surface area contributed by atoms with Crippen molar-refractivity contribution in [1.82, 2.24) is 20.8 Å². The van der Waals surface area contributed by atoms with Crippen molar-refractivity contribution in [3.8, 4) is 5.75 Å². The van der Waals surface area contributed by atoms with E-state index in [2.05, 4.69) is 25.6 Å². The number of H-pyrrole nitrogens is 1. The number of nitrogens with zero attached hydrogens (tertiary/aromatic N) is 1. The van der Waals surface area contributed by atoms with Crippen molar-refractivity contribution in [1.29, 1.82) is 0 Å². The second kappa shape index (κ2) is 8.41. The van der Waals surface area contributed by atoms with Crippen LogP contribution in [0.5, 0.6) is 5.75 Å². The fourth-order valence-corrected chi connectivity index (χ4v) is 2.67. The highest BCUT2D eigenvalue weighted by Crippen LogP contribution is 2.22. The maximum absolute atomic E-state index is 12.2. The first-order valence-electron chi connectivity index (χ1n) is 7.82. The molecule has 0 saturated carbocycles. The monoisotopic (exact) mass is 390 g/mol. The third-order valence-electron chi connectivity index (χ3n) is 3.88. The van der Waals surface area contributed by atoms with Gasteiger partial charge in [-0.3, -0.25) is 9.89 Å². The molecule has 1 aromatic heterocycles. The minimum absolute atomic E-state index is 0. The summed E-state index contributed by atoms with van der Waals surface area (Å²) < 4.78 is 40.1. The van der Waals surface area contributed by atoms with E-state index in [1.54, 1.807) is 0 Å². The molecule has 0 spiro atoms.